The summed E-state index contributed by atoms with van der Waals surface area (Å²) in [6.45, 7) is 8.93. The van der Waals surface area contributed by atoms with E-state index in [-0.39, 0.29) is 23.7 Å². The second kappa shape index (κ2) is 8.45. The fourth-order valence-corrected chi connectivity index (χ4v) is 4.95. The highest BCUT2D eigenvalue weighted by Gasteiger charge is 2.43. The average Bonchev–Trinajstić information content (AvgIpc) is 3.36. The molecule has 0 N–H and O–H groups in total. The monoisotopic (exact) mass is 415 g/mol. The molecule has 0 bridgehead atoms. The van der Waals surface area contributed by atoms with Crippen LogP contribution in [0.3, 0.4) is 0 Å². The van der Waals surface area contributed by atoms with Crippen LogP contribution in [0.15, 0.2) is 28.9 Å². The van der Waals surface area contributed by atoms with Crippen molar-refractivity contribution in [2.75, 3.05) is 12.4 Å². The van der Waals surface area contributed by atoms with Crippen LogP contribution in [0.25, 0.3) is 0 Å². The van der Waals surface area contributed by atoms with E-state index in [1.54, 1.807) is 12.1 Å². The number of carbonyl (C=O) groups is 3. The van der Waals surface area contributed by atoms with Crippen LogP contribution in [0.2, 0.25) is 0 Å². The number of ketones is 1. The van der Waals surface area contributed by atoms with Gasteiger partial charge in [-0.3, -0.25) is 9.59 Å². The van der Waals surface area contributed by atoms with Gasteiger partial charge in [0.25, 0.3) is 0 Å². The average molecular weight is 416 g/mol. The highest BCUT2D eigenvalue weighted by atomic mass is 32.2. The van der Waals surface area contributed by atoms with Crippen LogP contribution in [-0.4, -0.2) is 41.0 Å². The Labute approximate surface area is 174 Å². The van der Waals surface area contributed by atoms with E-state index in [1.807, 2.05) is 33.8 Å². The molecule has 0 saturated carbocycles. The van der Waals surface area contributed by atoms with Gasteiger partial charge in [-0.15, -0.1) is 11.8 Å². The van der Waals surface area contributed by atoms with E-state index in [9.17, 15) is 14.4 Å². The largest absolute Gasteiger partial charge is 0.466 e. The molecule has 2 heterocycles. The van der Waals surface area contributed by atoms with Crippen LogP contribution in [0.5, 0.6) is 0 Å². The summed E-state index contributed by atoms with van der Waals surface area (Å²) in [5.74, 6) is -0.0687. The molecule has 29 heavy (non-hydrogen) atoms. The van der Waals surface area contributed by atoms with Gasteiger partial charge in [-0.1, -0.05) is 0 Å². The maximum absolute atomic E-state index is 12.7. The van der Waals surface area contributed by atoms with Gasteiger partial charge in [-0.25, -0.2) is 4.79 Å². The summed E-state index contributed by atoms with van der Waals surface area (Å²) in [7, 11) is 0. The van der Waals surface area contributed by atoms with Gasteiger partial charge in [0.1, 0.15) is 17.2 Å². The minimum absolute atomic E-state index is 0.245. The van der Waals surface area contributed by atoms with Crippen molar-refractivity contribution in [2.45, 2.75) is 46.0 Å². The zero-order chi connectivity index (χ0) is 21.3. The number of hydrogen-bond donors (Lipinski definition) is 0. The van der Waals surface area contributed by atoms with E-state index in [4.69, 9.17) is 9.15 Å². The zero-order valence-electron chi connectivity index (χ0n) is 17.3. The number of Topliss-reactive ketones (excluding diaryl/α,β-unsaturated/α-hetero) is 1. The molecular formula is C22H25NO5S. The van der Waals surface area contributed by atoms with Gasteiger partial charge in [0, 0.05) is 18.2 Å². The second-order valence-corrected chi connectivity index (χ2v) is 8.40. The molecule has 2 atom stereocenters. The Morgan fingerprint density at radius 1 is 1.17 bits per heavy atom. The number of thioether (sulfide) groups is 1. The summed E-state index contributed by atoms with van der Waals surface area (Å²) in [4.78, 5) is 39.0. The molecule has 0 aliphatic carbocycles. The Bertz CT molecular complexity index is 951. The molecule has 1 aliphatic rings. The lowest BCUT2D eigenvalue weighted by Gasteiger charge is -2.25. The van der Waals surface area contributed by atoms with E-state index in [1.165, 1.54) is 29.8 Å². The Hall–Kier alpha value is -2.54. The normalized spacial score (nSPS) is 18.7. The summed E-state index contributed by atoms with van der Waals surface area (Å²) in [5.41, 5.74) is 4.71. The Morgan fingerprint density at radius 2 is 1.90 bits per heavy atom. The van der Waals surface area contributed by atoms with Crippen molar-refractivity contribution in [1.29, 1.82) is 0 Å². The molecule has 1 amide bonds. The number of ether oxygens (including phenoxy) is 1. The minimum atomic E-state index is -0.747. The fraction of sp³-hybridized carbons (Fsp3) is 0.409. The molecule has 0 spiro atoms. The van der Waals surface area contributed by atoms with Gasteiger partial charge < -0.3 is 14.1 Å². The van der Waals surface area contributed by atoms with Crippen LogP contribution >= 0.6 is 11.8 Å². The van der Waals surface area contributed by atoms with E-state index in [2.05, 4.69) is 0 Å². The quantitative estimate of drug-likeness (QED) is 0.544. The smallest absolute Gasteiger partial charge is 0.330 e. The predicted octanol–water partition coefficient (Wildman–Crippen LogP) is 3.90. The van der Waals surface area contributed by atoms with E-state index in [0.717, 1.165) is 22.3 Å². The van der Waals surface area contributed by atoms with Crippen molar-refractivity contribution in [1.82, 2.24) is 4.90 Å². The molecule has 1 saturated heterocycles. The molecule has 0 unspecified atom stereocenters. The van der Waals surface area contributed by atoms with Crippen molar-refractivity contribution >= 4 is 29.4 Å². The third-order valence-electron chi connectivity index (χ3n) is 5.55. The number of esters is 1. The first-order valence-corrected chi connectivity index (χ1v) is 10.5. The number of furan rings is 1. The van der Waals surface area contributed by atoms with Gasteiger partial charge in [0.15, 0.2) is 6.61 Å². The lowest BCUT2D eigenvalue weighted by Crippen LogP contribution is -2.43. The van der Waals surface area contributed by atoms with Crippen molar-refractivity contribution in [3.63, 3.8) is 0 Å². The van der Waals surface area contributed by atoms with Gasteiger partial charge in [0.2, 0.25) is 11.7 Å². The predicted molar refractivity (Wildman–Crippen MR) is 111 cm³/mol. The highest BCUT2D eigenvalue weighted by molar-refractivity contribution is 7.99. The fourth-order valence-electron chi connectivity index (χ4n) is 3.54. The summed E-state index contributed by atoms with van der Waals surface area (Å²) in [6, 6.07) is 4.61. The van der Waals surface area contributed by atoms with Gasteiger partial charge in [-0.05, 0) is 68.1 Å². The maximum atomic E-state index is 12.7. The first-order chi connectivity index (χ1) is 13.7. The number of amides is 1. The number of rotatable bonds is 5. The van der Waals surface area contributed by atoms with Crippen molar-refractivity contribution in [2.24, 2.45) is 0 Å². The summed E-state index contributed by atoms with van der Waals surface area (Å²) in [6.07, 6.45) is 1.53. The Morgan fingerprint density at radius 3 is 2.52 bits per heavy atom. The molecular weight excluding hydrogens is 390 g/mol. The molecule has 1 aromatic carbocycles. The molecule has 1 fully saturated rings. The first-order valence-electron chi connectivity index (χ1n) is 9.43. The Balaban J connectivity index is 1.71. The third-order valence-corrected chi connectivity index (χ3v) is 6.83. The van der Waals surface area contributed by atoms with Crippen LogP contribution in [0, 0.1) is 27.7 Å². The maximum Gasteiger partial charge on any atom is 0.330 e. The topological polar surface area (TPSA) is 76.8 Å². The minimum Gasteiger partial charge on any atom is -0.466 e. The van der Waals surface area contributed by atoms with Crippen LogP contribution in [0.4, 0.5) is 0 Å². The third kappa shape index (κ3) is 4.10. The van der Waals surface area contributed by atoms with Gasteiger partial charge >= 0.3 is 5.97 Å². The number of nitrogens with zero attached hydrogens (tertiary/aromatic N) is 1. The number of carbonyl (C=O) groups excluding carboxylic acids is 3. The van der Waals surface area contributed by atoms with Crippen molar-refractivity contribution in [3.8, 4) is 0 Å². The molecule has 7 heteroatoms. The standard InChI is InChI=1S/C22H25NO5S/c1-12-9-17(15(4)14(3)13(12)2)19(25)10-28-22(26)18-11-29-21(23(18)16(5)24)20-7-6-8-27-20/h6-9,18,21H,10-11H2,1-5H3/t18-,21+/m0/s1. The molecule has 154 valence electrons. The summed E-state index contributed by atoms with van der Waals surface area (Å²) in [5, 5.41) is -0.375. The molecule has 6 nitrogen and oxygen atoms in total. The highest BCUT2D eigenvalue weighted by Crippen LogP contribution is 2.41. The van der Waals surface area contributed by atoms with E-state index < -0.39 is 12.0 Å². The molecule has 1 aliphatic heterocycles. The molecule has 0 radical (unpaired) electrons. The van der Waals surface area contributed by atoms with Gasteiger partial charge in [-0.2, -0.15) is 0 Å². The van der Waals surface area contributed by atoms with Crippen molar-refractivity contribution in [3.05, 3.63) is 58.0 Å². The number of aryl methyl sites for hydroxylation is 1. The summed E-state index contributed by atoms with van der Waals surface area (Å²) >= 11 is 1.44. The summed E-state index contributed by atoms with van der Waals surface area (Å²) < 4.78 is 10.7. The Kier molecular flexibility index (Phi) is 6.17. The number of benzene rings is 1. The van der Waals surface area contributed by atoms with E-state index in [0.29, 0.717) is 17.1 Å². The van der Waals surface area contributed by atoms with Gasteiger partial charge in [0.05, 0.1) is 6.26 Å². The second-order valence-electron chi connectivity index (χ2n) is 7.29. The first kappa shape index (κ1) is 21.2. The molecule has 1 aromatic heterocycles. The van der Waals surface area contributed by atoms with Crippen molar-refractivity contribution < 1.29 is 23.5 Å². The lowest BCUT2D eigenvalue weighted by atomic mass is 9.93. The van der Waals surface area contributed by atoms with Crippen LogP contribution in [0.1, 0.15) is 50.7 Å². The molecule has 3 rings (SSSR count). The zero-order valence-corrected chi connectivity index (χ0v) is 18.1. The van der Waals surface area contributed by atoms with Crippen LogP contribution < -0.4 is 0 Å². The number of hydrogen-bond acceptors (Lipinski definition) is 6. The molecule has 2 aromatic rings. The lowest BCUT2D eigenvalue weighted by molar-refractivity contribution is -0.152. The van der Waals surface area contributed by atoms with Crippen LogP contribution in [-0.2, 0) is 14.3 Å². The van der Waals surface area contributed by atoms with E-state index >= 15 is 0 Å². The SMILES string of the molecule is CC(=O)N1[C@@H](c2ccco2)SC[C@H]1C(=O)OCC(=O)c1cc(C)c(C)c(C)c1C.